The van der Waals surface area contributed by atoms with E-state index in [9.17, 15) is 9.90 Å². The standard InChI is InChI=1S/C7H6O3.3C6H11.Sn/c8-6-4-2-1-3-5(6)7(9)10;3*1-2-4-6-5-3-1;/h1-4,8H,(H,9,10);3*1H,2-6H2;/q;;;;+1/p-1. The fraction of sp³-hybridized carbons (Fsp3) is 0.720. The van der Waals surface area contributed by atoms with Crippen molar-refractivity contribution in [3.05, 3.63) is 29.8 Å². The van der Waals surface area contributed by atoms with Crippen LogP contribution in [0.15, 0.2) is 24.3 Å². The van der Waals surface area contributed by atoms with E-state index in [-0.39, 0.29) is 11.7 Å². The van der Waals surface area contributed by atoms with E-state index in [1.807, 2.05) is 6.07 Å². The molecule has 0 unspecified atom stereocenters. The van der Waals surface area contributed by atoms with E-state index in [0.717, 1.165) is 0 Å². The van der Waals surface area contributed by atoms with Crippen molar-refractivity contribution in [1.82, 2.24) is 0 Å². The summed E-state index contributed by atoms with van der Waals surface area (Å²) < 4.78 is 9.02. The number of rotatable bonds is 5. The van der Waals surface area contributed by atoms with E-state index < -0.39 is 18.8 Å². The number of carbonyl (C=O) groups is 1. The Labute approximate surface area is 181 Å². The Morgan fingerprint density at radius 2 is 1.14 bits per heavy atom. The zero-order chi connectivity index (χ0) is 20.1. The average Bonchev–Trinajstić information content (AvgIpc) is 2.79. The van der Waals surface area contributed by atoms with Gasteiger partial charge in [-0.05, 0) is 0 Å². The van der Waals surface area contributed by atoms with E-state index in [1.165, 1.54) is 96.3 Å². The molecule has 29 heavy (non-hydrogen) atoms. The van der Waals surface area contributed by atoms with Crippen LogP contribution in [-0.2, 0) is 3.07 Å². The number of benzene rings is 1. The summed E-state index contributed by atoms with van der Waals surface area (Å²) in [5, 5.41) is 10.3. The van der Waals surface area contributed by atoms with Crippen molar-refractivity contribution in [2.75, 3.05) is 0 Å². The Hall–Kier alpha value is -0.711. The summed E-state index contributed by atoms with van der Waals surface area (Å²) in [6, 6.07) is 6.99. The first-order valence-corrected chi connectivity index (χ1v) is 18.3. The van der Waals surface area contributed by atoms with Crippen LogP contribution in [0.3, 0.4) is 0 Å². The fourth-order valence-electron chi connectivity index (χ4n) is 6.77. The van der Waals surface area contributed by atoms with E-state index in [0.29, 0.717) is 17.4 Å². The number of phenols is 1. The van der Waals surface area contributed by atoms with Crippen molar-refractivity contribution < 1.29 is 13.0 Å². The molecule has 3 nitrogen and oxygen atoms in total. The van der Waals surface area contributed by atoms with Crippen molar-refractivity contribution >= 4 is 24.8 Å². The average molecular weight is 505 g/mol. The number of carbonyl (C=O) groups excluding carboxylic acids is 1. The second-order valence-electron chi connectivity index (χ2n) is 9.77. The molecule has 0 aromatic heterocycles. The van der Waals surface area contributed by atoms with Crippen LogP contribution in [0.1, 0.15) is 107 Å². The summed E-state index contributed by atoms with van der Waals surface area (Å²) in [5.74, 6) is -0.130. The first-order valence-electron chi connectivity index (χ1n) is 12.2. The van der Waals surface area contributed by atoms with E-state index in [1.54, 1.807) is 18.2 Å². The molecular weight excluding hydrogens is 467 g/mol. The maximum atomic E-state index is 13.5. The number of hydrogen-bond donors (Lipinski definition) is 1. The SMILES string of the molecule is O=C([O][Sn]([CH]1CCCCC1)([CH]1CCCCC1)[CH]1CCCCC1)c1ccccc1O. The topological polar surface area (TPSA) is 46.5 Å². The predicted octanol–water partition coefficient (Wildman–Crippen LogP) is 7.50. The first kappa shape index (κ1) is 21.5. The van der Waals surface area contributed by atoms with Gasteiger partial charge in [0.25, 0.3) is 0 Å². The monoisotopic (exact) mass is 506 g/mol. The van der Waals surface area contributed by atoms with Gasteiger partial charge in [0.05, 0.1) is 0 Å². The number of aromatic hydroxyl groups is 1. The van der Waals surface area contributed by atoms with Gasteiger partial charge in [0.1, 0.15) is 0 Å². The Balaban J connectivity index is 1.72. The van der Waals surface area contributed by atoms with Crippen molar-refractivity contribution in [3.63, 3.8) is 0 Å². The van der Waals surface area contributed by atoms with Gasteiger partial charge in [-0.2, -0.15) is 0 Å². The Kier molecular flexibility index (Phi) is 7.47. The predicted molar refractivity (Wildman–Crippen MR) is 120 cm³/mol. The van der Waals surface area contributed by atoms with Gasteiger partial charge >= 0.3 is 181 Å². The third-order valence-corrected chi connectivity index (χ3v) is 25.5. The second-order valence-corrected chi connectivity index (χ2v) is 22.2. The van der Waals surface area contributed by atoms with Crippen molar-refractivity contribution in [3.8, 4) is 5.75 Å². The van der Waals surface area contributed by atoms with E-state index in [4.69, 9.17) is 3.07 Å². The van der Waals surface area contributed by atoms with Crippen LogP contribution in [0, 0.1) is 0 Å². The molecule has 0 spiro atoms. The third-order valence-electron chi connectivity index (χ3n) is 8.12. The summed E-state index contributed by atoms with van der Waals surface area (Å²) in [7, 11) is 0. The molecule has 1 aromatic rings. The van der Waals surface area contributed by atoms with Crippen LogP contribution in [0.4, 0.5) is 0 Å². The van der Waals surface area contributed by atoms with Gasteiger partial charge in [-0.1, -0.05) is 0 Å². The van der Waals surface area contributed by atoms with Gasteiger partial charge in [-0.25, -0.2) is 0 Å². The van der Waals surface area contributed by atoms with Gasteiger partial charge in [0, 0.05) is 0 Å². The van der Waals surface area contributed by atoms with Crippen LogP contribution < -0.4 is 0 Å². The number of para-hydroxylation sites is 1. The van der Waals surface area contributed by atoms with Crippen LogP contribution in [-0.4, -0.2) is 29.9 Å². The molecule has 3 aliphatic rings. The molecule has 3 fully saturated rings. The molecule has 3 saturated carbocycles. The number of hydrogen-bond acceptors (Lipinski definition) is 3. The summed E-state index contributed by atoms with van der Waals surface area (Å²) in [4.78, 5) is 13.5. The quantitative estimate of drug-likeness (QED) is 0.422. The Bertz CT molecular complexity index is 625. The molecule has 0 radical (unpaired) electrons. The Morgan fingerprint density at radius 3 is 1.55 bits per heavy atom. The molecule has 1 aromatic carbocycles. The molecule has 160 valence electrons. The minimum atomic E-state index is -3.34. The molecule has 1 N–H and O–H groups in total. The molecule has 0 bridgehead atoms. The maximum absolute atomic E-state index is 13.5. The first-order chi connectivity index (χ1) is 14.2. The normalized spacial score (nSPS) is 23.0. The summed E-state index contributed by atoms with van der Waals surface area (Å²) >= 11 is -3.34. The van der Waals surface area contributed by atoms with Crippen molar-refractivity contribution in [2.24, 2.45) is 0 Å². The second kappa shape index (κ2) is 10.1. The summed E-state index contributed by atoms with van der Waals surface area (Å²) in [6.07, 6.45) is 19.7. The van der Waals surface area contributed by atoms with E-state index >= 15 is 0 Å². The van der Waals surface area contributed by atoms with Crippen molar-refractivity contribution in [1.29, 1.82) is 0 Å². The summed E-state index contributed by atoms with van der Waals surface area (Å²) in [6.45, 7) is 0. The van der Waals surface area contributed by atoms with Crippen LogP contribution >= 0.6 is 0 Å². The van der Waals surface area contributed by atoms with Gasteiger partial charge < -0.3 is 0 Å². The molecule has 3 aliphatic carbocycles. The van der Waals surface area contributed by atoms with Gasteiger partial charge in [0.2, 0.25) is 0 Å². The van der Waals surface area contributed by atoms with Crippen LogP contribution in [0.2, 0.25) is 11.8 Å². The van der Waals surface area contributed by atoms with Crippen LogP contribution in [0.5, 0.6) is 5.75 Å². The molecule has 0 atom stereocenters. The molecule has 0 amide bonds. The molecule has 0 saturated heterocycles. The number of phenolic OH excluding ortho intramolecular Hbond substituents is 1. The van der Waals surface area contributed by atoms with Crippen LogP contribution in [0.25, 0.3) is 0 Å². The third kappa shape index (κ3) is 4.65. The van der Waals surface area contributed by atoms with Gasteiger partial charge in [-0.3, -0.25) is 0 Å². The Morgan fingerprint density at radius 1 is 0.724 bits per heavy atom. The molecule has 4 rings (SSSR count). The van der Waals surface area contributed by atoms with E-state index in [2.05, 4.69) is 0 Å². The minimum absolute atomic E-state index is 0.0774. The molecule has 4 heteroatoms. The van der Waals surface area contributed by atoms with Crippen molar-refractivity contribution in [2.45, 2.75) is 108 Å². The summed E-state index contributed by atoms with van der Waals surface area (Å²) in [5.41, 5.74) is 0.385. The zero-order valence-electron chi connectivity index (χ0n) is 17.9. The molecule has 0 aliphatic heterocycles. The zero-order valence-corrected chi connectivity index (χ0v) is 20.8. The molecule has 0 heterocycles. The van der Waals surface area contributed by atoms with Gasteiger partial charge in [0.15, 0.2) is 0 Å². The fourth-order valence-corrected chi connectivity index (χ4v) is 26.4. The van der Waals surface area contributed by atoms with Gasteiger partial charge in [-0.15, -0.1) is 0 Å². The molecular formula is C25H38O3Sn.